The molecule has 0 saturated heterocycles. The molecule has 0 aromatic carbocycles. The zero-order valence-corrected chi connectivity index (χ0v) is 16.6. The first-order chi connectivity index (χ1) is 11.1. The largest absolute Gasteiger partial charge is 0.381 e. The maximum absolute atomic E-state index is 12.1. The Balaban J connectivity index is 0. The van der Waals surface area contributed by atoms with Gasteiger partial charge < -0.3 is 14.8 Å². The van der Waals surface area contributed by atoms with E-state index in [1.807, 2.05) is 6.92 Å². The Hall–Kier alpha value is -0.550. The zero-order valence-electron chi connectivity index (χ0n) is 15.6. The van der Waals surface area contributed by atoms with Gasteiger partial charge in [0.2, 0.25) is 5.91 Å². The van der Waals surface area contributed by atoms with Gasteiger partial charge in [-0.1, -0.05) is 19.3 Å². The molecular formula is C19H39NO3S. The van der Waals surface area contributed by atoms with Crippen LogP contribution in [0, 0.1) is 11.8 Å². The highest BCUT2D eigenvalue weighted by Crippen LogP contribution is 2.29. The lowest BCUT2D eigenvalue weighted by Crippen LogP contribution is -2.34. The van der Waals surface area contributed by atoms with Crippen molar-refractivity contribution in [3.8, 4) is 0 Å². The molecule has 1 saturated carbocycles. The average Bonchev–Trinajstić information content (AvgIpc) is 2.55. The van der Waals surface area contributed by atoms with Crippen LogP contribution >= 0.6 is 13.5 Å². The fraction of sp³-hybridized carbons (Fsp3) is 0.895. The molecule has 1 rings (SSSR count). The monoisotopic (exact) mass is 361 g/mol. The van der Waals surface area contributed by atoms with Gasteiger partial charge in [0.15, 0.2) is 0 Å². The SMILES string of the molecule is CCOCC1CCC(C(=O)NCCCCCCCC(C)=O)CC1.S.[HH]. The molecule has 0 bridgehead atoms. The van der Waals surface area contributed by atoms with Gasteiger partial charge in [-0.05, 0) is 58.3 Å². The molecule has 0 atom stereocenters. The van der Waals surface area contributed by atoms with Gasteiger partial charge in [0, 0.05) is 33.5 Å². The third kappa shape index (κ3) is 11.1. The molecule has 144 valence electrons. The van der Waals surface area contributed by atoms with Gasteiger partial charge in [-0.2, -0.15) is 13.5 Å². The zero-order chi connectivity index (χ0) is 16.9. The van der Waals surface area contributed by atoms with Gasteiger partial charge >= 0.3 is 0 Å². The molecule has 1 fully saturated rings. The Kier molecular flexibility index (Phi) is 14.4. The summed E-state index contributed by atoms with van der Waals surface area (Å²) in [5.41, 5.74) is 0. The highest BCUT2D eigenvalue weighted by Gasteiger charge is 2.25. The second kappa shape index (κ2) is 14.8. The Morgan fingerprint density at radius 3 is 2.29 bits per heavy atom. The second-order valence-electron chi connectivity index (χ2n) is 6.89. The van der Waals surface area contributed by atoms with E-state index in [1.165, 1.54) is 0 Å². The first-order valence-electron chi connectivity index (χ1n) is 9.48. The molecule has 1 aliphatic carbocycles. The van der Waals surface area contributed by atoms with Crippen molar-refractivity contribution in [2.75, 3.05) is 19.8 Å². The minimum absolute atomic E-state index is 0. The van der Waals surface area contributed by atoms with Gasteiger partial charge in [-0.3, -0.25) is 4.79 Å². The predicted molar refractivity (Wildman–Crippen MR) is 106 cm³/mol. The maximum Gasteiger partial charge on any atom is 0.223 e. The summed E-state index contributed by atoms with van der Waals surface area (Å²) < 4.78 is 5.48. The third-order valence-electron chi connectivity index (χ3n) is 4.78. The Morgan fingerprint density at radius 2 is 1.67 bits per heavy atom. The van der Waals surface area contributed by atoms with Crippen molar-refractivity contribution in [1.82, 2.24) is 5.32 Å². The first kappa shape index (κ1) is 23.4. The summed E-state index contributed by atoms with van der Waals surface area (Å²) in [6.45, 7) is 6.12. The molecule has 0 aromatic heterocycles. The van der Waals surface area contributed by atoms with Gasteiger partial charge in [0.05, 0.1) is 0 Å². The van der Waals surface area contributed by atoms with Crippen LogP contribution in [0.4, 0.5) is 0 Å². The van der Waals surface area contributed by atoms with Crippen LogP contribution < -0.4 is 5.32 Å². The average molecular weight is 362 g/mol. The van der Waals surface area contributed by atoms with E-state index in [2.05, 4.69) is 5.32 Å². The molecule has 0 aliphatic heterocycles. The number of ether oxygens (including phenoxy) is 1. The van der Waals surface area contributed by atoms with Gasteiger partial charge in [0.25, 0.3) is 0 Å². The molecule has 24 heavy (non-hydrogen) atoms. The Morgan fingerprint density at radius 1 is 1.04 bits per heavy atom. The maximum atomic E-state index is 12.1. The second-order valence-corrected chi connectivity index (χ2v) is 6.89. The highest BCUT2D eigenvalue weighted by atomic mass is 32.1. The van der Waals surface area contributed by atoms with E-state index in [9.17, 15) is 9.59 Å². The topological polar surface area (TPSA) is 55.4 Å². The summed E-state index contributed by atoms with van der Waals surface area (Å²) in [4.78, 5) is 23.0. The number of hydrogen-bond donors (Lipinski definition) is 1. The minimum atomic E-state index is 0. The lowest BCUT2D eigenvalue weighted by atomic mass is 9.82. The van der Waals surface area contributed by atoms with Crippen molar-refractivity contribution in [3.63, 3.8) is 0 Å². The van der Waals surface area contributed by atoms with Crippen LogP contribution in [0.3, 0.4) is 0 Å². The molecule has 0 heterocycles. The van der Waals surface area contributed by atoms with Crippen LogP contribution in [0.5, 0.6) is 0 Å². The molecule has 5 heteroatoms. The molecule has 1 aliphatic rings. The van der Waals surface area contributed by atoms with E-state index in [1.54, 1.807) is 6.92 Å². The van der Waals surface area contributed by atoms with Crippen LogP contribution in [0.15, 0.2) is 0 Å². The van der Waals surface area contributed by atoms with Crippen LogP contribution in [0.1, 0.15) is 79.5 Å². The highest BCUT2D eigenvalue weighted by molar-refractivity contribution is 7.59. The number of unbranched alkanes of at least 4 members (excludes halogenated alkanes) is 4. The number of carbonyl (C=O) groups is 2. The number of ketones is 1. The van der Waals surface area contributed by atoms with Crippen molar-refractivity contribution in [3.05, 3.63) is 0 Å². The lowest BCUT2D eigenvalue weighted by Gasteiger charge is -2.27. The summed E-state index contributed by atoms with van der Waals surface area (Å²) in [6, 6.07) is 0. The normalized spacial score (nSPS) is 20.2. The van der Waals surface area contributed by atoms with Gasteiger partial charge in [0.1, 0.15) is 5.78 Å². The summed E-state index contributed by atoms with van der Waals surface area (Å²) in [5.74, 6) is 1.39. The summed E-state index contributed by atoms with van der Waals surface area (Å²) in [6.07, 6.45) is 10.4. The Bertz CT molecular complexity index is 348. The van der Waals surface area contributed by atoms with Crippen molar-refractivity contribution in [2.24, 2.45) is 11.8 Å². The van der Waals surface area contributed by atoms with E-state index < -0.39 is 0 Å². The van der Waals surface area contributed by atoms with Crippen molar-refractivity contribution in [1.29, 1.82) is 0 Å². The number of Topliss-reactive ketones (excluding diaryl/α,β-unsaturated/α-hetero) is 1. The fourth-order valence-corrected chi connectivity index (χ4v) is 3.26. The van der Waals surface area contributed by atoms with Crippen LogP contribution in [-0.2, 0) is 14.3 Å². The van der Waals surface area contributed by atoms with Crippen LogP contribution in [-0.4, -0.2) is 31.4 Å². The molecule has 4 nitrogen and oxygen atoms in total. The van der Waals surface area contributed by atoms with Crippen molar-refractivity contribution in [2.45, 2.75) is 78.1 Å². The van der Waals surface area contributed by atoms with E-state index >= 15 is 0 Å². The van der Waals surface area contributed by atoms with Gasteiger partial charge in [-0.15, -0.1) is 0 Å². The summed E-state index contributed by atoms with van der Waals surface area (Å²) in [7, 11) is 0. The van der Waals surface area contributed by atoms with E-state index in [0.29, 0.717) is 12.3 Å². The number of amides is 1. The molecule has 0 spiro atoms. The molecule has 1 N–H and O–H groups in total. The number of rotatable bonds is 12. The number of nitrogens with one attached hydrogen (secondary N) is 1. The third-order valence-corrected chi connectivity index (χ3v) is 4.78. The van der Waals surface area contributed by atoms with Crippen LogP contribution in [0.25, 0.3) is 0 Å². The molecule has 1 amide bonds. The number of carbonyl (C=O) groups excluding carboxylic acids is 2. The molecule has 0 aromatic rings. The minimum Gasteiger partial charge on any atom is -0.381 e. The summed E-state index contributed by atoms with van der Waals surface area (Å²) in [5, 5.41) is 3.10. The Labute approximate surface area is 156 Å². The lowest BCUT2D eigenvalue weighted by molar-refractivity contribution is -0.126. The predicted octanol–water partition coefficient (Wildman–Crippen LogP) is 4.23. The number of hydrogen-bond acceptors (Lipinski definition) is 3. The fourth-order valence-electron chi connectivity index (χ4n) is 3.26. The summed E-state index contributed by atoms with van der Waals surface area (Å²) >= 11 is 0. The molecular weight excluding hydrogens is 322 g/mol. The van der Waals surface area contributed by atoms with Crippen molar-refractivity contribution >= 4 is 25.2 Å². The van der Waals surface area contributed by atoms with E-state index in [0.717, 1.165) is 77.5 Å². The van der Waals surface area contributed by atoms with E-state index in [-0.39, 0.29) is 32.5 Å². The smallest absolute Gasteiger partial charge is 0.223 e. The van der Waals surface area contributed by atoms with Crippen LogP contribution in [0.2, 0.25) is 0 Å². The standard InChI is InChI=1S/C19H35NO3.H2S.H2/c1-3-23-15-17-10-12-18(13-11-17)19(22)20-14-8-6-4-5-7-9-16(2)21;;/h17-18H,3-15H2,1-2H3,(H,20,22);1H2;1H. The van der Waals surface area contributed by atoms with Gasteiger partial charge in [-0.25, -0.2) is 0 Å². The van der Waals surface area contributed by atoms with E-state index in [4.69, 9.17) is 4.74 Å². The first-order valence-corrected chi connectivity index (χ1v) is 9.48. The molecule has 0 unspecified atom stereocenters. The molecule has 0 radical (unpaired) electrons. The quantitative estimate of drug-likeness (QED) is 0.529. The van der Waals surface area contributed by atoms with Crippen molar-refractivity contribution < 1.29 is 15.8 Å².